The SMILES string of the molecule is CNCc1ncoc1CC(C)(C)C. The van der Waals surface area contributed by atoms with Crippen molar-refractivity contribution in [1.29, 1.82) is 0 Å². The van der Waals surface area contributed by atoms with Gasteiger partial charge in [0.1, 0.15) is 5.76 Å². The number of rotatable bonds is 3. The van der Waals surface area contributed by atoms with E-state index in [0.29, 0.717) is 0 Å². The van der Waals surface area contributed by atoms with Crippen molar-refractivity contribution >= 4 is 0 Å². The van der Waals surface area contributed by atoms with Crippen LogP contribution in [0.1, 0.15) is 32.2 Å². The summed E-state index contributed by atoms with van der Waals surface area (Å²) in [6.07, 6.45) is 2.46. The van der Waals surface area contributed by atoms with Crippen LogP contribution in [0.25, 0.3) is 0 Å². The minimum atomic E-state index is 0.252. The van der Waals surface area contributed by atoms with E-state index < -0.39 is 0 Å². The lowest BCUT2D eigenvalue weighted by Gasteiger charge is -2.16. The molecule has 1 aromatic rings. The number of nitrogens with zero attached hydrogens (tertiary/aromatic N) is 1. The number of nitrogens with one attached hydrogen (secondary N) is 1. The maximum absolute atomic E-state index is 5.34. The van der Waals surface area contributed by atoms with E-state index in [9.17, 15) is 0 Å². The quantitative estimate of drug-likeness (QED) is 0.776. The summed E-state index contributed by atoms with van der Waals surface area (Å²) in [5.74, 6) is 1.00. The Morgan fingerprint density at radius 1 is 1.46 bits per heavy atom. The van der Waals surface area contributed by atoms with Crippen LogP contribution in [0.15, 0.2) is 10.8 Å². The van der Waals surface area contributed by atoms with Crippen molar-refractivity contribution in [3.8, 4) is 0 Å². The minimum Gasteiger partial charge on any atom is -0.448 e. The van der Waals surface area contributed by atoms with Gasteiger partial charge in [-0.05, 0) is 12.5 Å². The van der Waals surface area contributed by atoms with Gasteiger partial charge in [0.25, 0.3) is 0 Å². The predicted molar refractivity (Wildman–Crippen MR) is 52.4 cm³/mol. The van der Waals surface area contributed by atoms with Gasteiger partial charge in [0, 0.05) is 13.0 Å². The minimum absolute atomic E-state index is 0.252. The standard InChI is InChI=1S/C10H18N2O/c1-10(2,3)5-9-8(6-11-4)12-7-13-9/h7,11H,5-6H2,1-4H3. The van der Waals surface area contributed by atoms with Crippen molar-refractivity contribution in [1.82, 2.24) is 10.3 Å². The molecule has 0 aromatic carbocycles. The van der Waals surface area contributed by atoms with E-state index in [2.05, 4.69) is 31.1 Å². The monoisotopic (exact) mass is 182 g/mol. The molecule has 0 aliphatic carbocycles. The summed E-state index contributed by atoms with van der Waals surface area (Å²) in [6.45, 7) is 7.36. The largest absolute Gasteiger partial charge is 0.448 e. The second-order valence-corrected chi connectivity index (χ2v) is 4.49. The lowest BCUT2D eigenvalue weighted by molar-refractivity contribution is 0.360. The zero-order valence-electron chi connectivity index (χ0n) is 8.85. The van der Waals surface area contributed by atoms with Crippen molar-refractivity contribution in [2.75, 3.05) is 7.05 Å². The molecule has 0 aliphatic rings. The topological polar surface area (TPSA) is 38.1 Å². The molecule has 0 bridgehead atoms. The van der Waals surface area contributed by atoms with Gasteiger partial charge in [0.2, 0.25) is 0 Å². The first-order valence-electron chi connectivity index (χ1n) is 4.59. The van der Waals surface area contributed by atoms with Crippen molar-refractivity contribution in [3.63, 3.8) is 0 Å². The second kappa shape index (κ2) is 3.92. The summed E-state index contributed by atoms with van der Waals surface area (Å²) >= 11 is 0. The summed E-state index contributed by atoms with van der Waals surface area (Å²) < 4.78 is 5.34. The van der Waals surface area contributed by atoms with Gasteiger partial charge in [-0.15, -0.1) is 0 Å². The first kappa shape index (κ1) is 10.3. The summed E-state index contributed by atoms with van der Waals surface area (Å²) in [4.78, 5) is 4.16. The molecule has 1 N–H and O–H groups in total. The average Bonchev–Trinajstić information content (AvgIpc) is 2.34. The number of hydrogen-bond donors (Lipinski definition) is 1. The van der Waals surface area contributed by atoms with Crippen LogP contribution in [-0.2, 0) is 13.0 Å². The van der Waals surface area contributed by atoms with Gasteiger partial charge in [0.15, 0.2) is 6.39 Å². The molecule has 74 valence electrons. The molecule has 0 fully saturated rings. The van der Waals surface area contributed by atoms with Gasteiger partial charge >= 0.3 is 0 Å². The third-order valence-corrected chi connectivity index (χ3v) is 1.76. The molecule has 13 heavy (non-hydrogen) atoms. The Morgan fingerprint density at radius 3 is 2.69 bits per heavy atom. The zero-order valence-corrected chi connectivity index (χ0v) is 8.85. The molecule has 3 heteroatoms. The number of hydrogen-bond acceptors (Lipinski definition) is 3. The van der Waals surface area contributed by atoms with Crippen LogP contribution in [0.2, 0.25) is 0 Å². The normalized spacial score (nSPS) is 12.0. The van der Waals surface area contributed by atoms with E-state index in [1.165, 1.54) is 6.39 Å². The van der Waals surface area contributed by atoms with Crippen molar-refractivity contribution in [3.05, 3.63) is 17.8 Å². The fourth-order valence-electron chi connectivity index (χ4n) is 1.23. The first-order valence-corrected chi connectivity index (χ1v) is 4.59. The Kier molecular flexibility index (Phi) is 3.09. The number of aromatic nitrogens is 1. The fourth-order valence-corrected chi connectivity index (χ4v) is 1.23. The van der Waals surface area contributed by atoms with Gasteiger partial charge in [-0.25, -0.2) is 4.98 Å². The van der Waals surface area contributed by atoms with Crippen molar-refractivity contribution in [2.24, 2.45) is 5.41 Å². The van der Waals surface area contributed by atoms with Gasteiger partial charge in [-0.3, -0.25) is 0 Å². The molecule has 0 radical (unpaired) electrons. The Morgan fingerprint density at radius 2 is 2.15 bits per heavy atom. The van der Waals surface area contributed by atoms with E-state index in [4.69, 9.17) is 4.42 Å². The molecule has 0 atom stereocenters. The first-order chi connectivity index (χ1) is 6.03. The highest BCUT2D eigenvalue weighted by molar-refractivity contribution is 5.08. The molecule has 1 rings (SSSR count). The van der Waals surface area contributed by atoms with Crippen LogP contribution >= 0.6 is 0 Å². The molecular weight excluding hydrogens is 164 g/mol. The molecule has 0 spiro atoms. The van der Waals surface area contributed by atoms with Crippen LogP contribution in [0.3, 0.4) is 0 Å². The van der Waals surface area contributed by atoms with Crippen molar-refractivity contribution < 1.29 is 4.42 Å². The Labute approximate surface area is 79.5 Å². The second-order valence-electron chi connectivity index (χ2n) is 4.49. The van der Waals surface area contributed by atoms with Crippen LogP contribution in [0.5, 0.6) is 0 Å². The maximum Gasteiger partial charge on any atom is 0.181 e. The molecule has 0 aliphatic heterocycles. The summed E-state index contributed by atoms with van der Waals surface area (Å²) in [5, 5.41) is 3.07. The molecule has 1 aromatic heterocycles. The molecule has 3 nitrogen and oxygen atoms in total. The van der Waals surface area contributed by atoms with Gasteiger partial charge < -0.3 is 9.73 Å². The highest BCUT2D eigenvalue weighted by Crippen LogP contribution is 2.22. The van der Waals surface area contributed by atoms with Gasteiger partial charge in [-0.1, -0.05) is 20.8 Å². The van der Waals surface area contributed by atoms with E-state index in [0.717, 1.165) is 24.4 Å². The van der Waals surface area contributed by atoms with Crippen LogP contribution in [0.4, 0.5) is 0 Å². The molecule has 0 saturated heterocycles. The Bertz CT molecular complexity index is 260. The Hall–Kier alpha value is -0.830. The molecular formula is C10H18N2O. The van der Waals surface area contributed by atoms with Crippen LogP contribution in [0, 0.1) is 5.41 Å². The predicted octanol–water partition coefficient (Wildman–Crippen LogP) is 1.98. The maximum atomic E-state index is 5.34. The van der Waals surface area contributed by atoms with Crippen LogP contribution < -0.4 is 5.32 Å². The summed E-state index contributed by atoms with van der Waals surface area (Å²) in [5.41, 5.74) is 1.28. The Balaban J connectivity index is 2.70. The van der Waals surface area contributed by atoms with E-state index >= 15 is 0 Å². The molecule has 0 saturated carbocycles. The third-order valence-electron chi connectivity index (χ3n) is 1.76. The highest BCUT2D eigenvalue weighted by atomic mass is 16.3. The molecule has 0 amide bonds. The van der Waals surface area contributed by atoms with Gasteiger partial charge in [-0.2, -0.15) is 0 Å². The zero-order chi connectivity index (χ0) is 9.90. The average molecular weight is 182 g/mol. The van der Waals surface area contributed by atoms with E-state index in [1.54, 1.807) is 0 Å². The summed E-state index contributed by atoms with van der Waals surface area (Å²) in [6, 6.07) is 0. The highest BCUT2D eigenvalue weighted by Gasteiger charge is 2.16. The van der Waals surface area contributed by atoms with E-state index in [1.807, 2.05) is 7.05 Å². The lowest BCUT2D eigenvalue weighted by Crippen LogP contribution is -2.13. The molecule has 1 heterocycles. The fraction of sp³-hybridized carbons (Fsp3) is 0.700. The number of oxazole rings is 1. The smallest absolute Gasteiger partial charge is 0.181 e. The lowest BCUT2D eigenvalue weighted by atomic mass is 9.90. The van der Waals surface area contributed by atoms with E-state index in [-0.39, 0.29) is 5.41 Å². The summed E-state index contributed by atoms with van der Waals surface area (Å²) in [7, 11) is 1.91. The van der Waals surface area contributed by atoms with Crippen LogP contribution in [-0.4, -0.2) is 12.0 Å². The van der Waals surface area contributed by atoms with Crippen molar-refractivity contribution in [2.45, 2.75) is 33.7 Å². The third kappa shape index (κ3) is 3.19. The van der Waals surface area contributed by atoms with Gasteiger partial charge in [0.05, 0.1) is 5.69 Å². The molecule has 0 unspecified atom stereocenters.